The van der Waals surface area contributed by atoms with Crippen molar-refractivity contribution in [3.05, 3.63) is 35.4 Å². The van der Waals surface area contributed by atoms with Crippen LogP contribution in [0.25, 0.3) is 0 Å². The van der Waals surface area contributed by atoms with E-state index in [1.807, 2.05) is 33.8 Å². The van der Waals surface area contributed by atoms with Crippen LogP contribution in [-0.4, -0.2) is 160 Å². The van der Waals surface area contributed by atoms with Gasteiger partial charge in [-0.2, -0.15) is 0 Å². The van der Waals surface area contributed by atoms with Crippen LogP contribution >= 0.6 is 0 Å². The molecule has 2 saturated heterocycles. The highest BCUT2D eigenvalue weighted by molar-refractivity contribution is 6.74. The van der Waals surface area contributed by atoms with Gasteiger partial charge in [0.05, 0.1) is 37.1 Å². The molecule has 3 fully saturated rings. The molecular weight excluding hydrogens is 1080 g/mol. The van der Waals surface area contributed by atoms with Gasteiger partial charge in [-0.25, -0.2) is 9.59 Å². The van der Waals surface area contributed by atoms with Crippen LogP contribution in [0.15, 0.2) is 35.4 Å². The standard InChI is InChI=1S/C60H100N2O17Si2/c1-36-29-37(2)31-48(72-13)53-49(73-14)33-39(4)60(70,76-53)54(66)55(67)61-27-20-19-21-43(61)56(68)75-52(38(3)32-41-22-23-45(47(34-41)71-12)78-80(15,16)58(6,7)8)40(5)46(79-81(17,18)59(9,10)11)35-44(63)42(30-36)26-28-74-57(69)77-62-50(64)24-25-51(62)65/h24-25,30,32,36-37,39-41,43,45-49,52-53,64-65,70H,19-23,26-29,31,33-35H2,1-18H3/t36?,37-,39+,40+,41?,43?,45+,46-,47+,48-,49-,52?,53+,60+/m0/s1. The molecule has 21 heteroatoms. The molecule has 0 aromatic carbocycles. The molecule has 1 aromatic rings. The fraction of sp³-hybridized carbons (Fsp3) is 0.783. The first-order chi connectivity index (χ1) is 37.6. The van der Waals surface area contributed by atoms with Crippen LogP contribution in [0, 0.1) is 29.6 Å². The third-order valence-corrected chi connectivity index (χ3v) is 27.5. The molecule has 14 atom stereocenters. The van der Waals surface area contributed by atoms with Gasteiger partial charge in [0.15, 0.2) is 22.4 Å². The maximum atomic E-state index is 15.3. The van der Waals surface area contributed by atoms with Gasteiger partial charge in [-0.1, -0.05) is 81.4 Å². The summed E-state index contributed by atoms with van der Waals surface area (Å²) in [5.74, 6) is -8.82. The molecule has 4 unspecified atom stereocenters. The van der Waals surface area contributed by atoms with E-state index in [4.69, 9.17) is 42.1 Å². The monoisotopic (exact) mass is 1180 g/mol. The summed E-state index contributed by atoms with van der Waals surface area (Å²) in [5.41, 5.74) is 1.07. The van der Waals surface area contributed by atoms with Crippen molar-refractivity contribution in [3.8, 4) is 11.8 Å². The topological polar surface area (TPSA) is 237 Å². The zero-order chi connectivity index (χ0) is 60.7. The van der Waals surface area contributed by atoms with Gasteiger partial charge in [-0.15, -0.1) is 4.73 Å². The minimum Gasteiger partial charge on any atom is -0.492 e. The summed E-state index contributed by atoms with van der Waals surface area (Å²) in [6.07, 6.45) is 2.59. The Hall–Kier alpha value is -3.94. The number of aromatic nitrogens is 1. The smallest absolute Gasteiger partial charge is 0.492 e. The first kappa shape index (κ1) is 67.9. The number of hydrogen-bond donors (Lipinski definition) is 3. The lowest BCUT2D eigenvalue weighted by atomic mass is 9.81. The molecule has 4 aliphatic rings. The zero-order valence-corrected chi connectivity index (χ0v) is 54.0. The highest BCUT2D eigenvalue weighted by atomic mass is 28.4. The molecule has 1 aromatic heterocycles. The third-order valence-electron chi connectivity index (χ3n) is 18.5. The van der Waals surface area contributed by atoms with E-state index in [0.29, 0.717) is 48.0 Å². The number of hydrogen-bond acceptors (Lipinski definition) is 17. The molecule has 1 amide bonds. The Morgan fingerprint density at radius 3 is 1.94 bits per heavy atom. The number of amides is 1. The van der Waals surface area contributed by atoms with E-state index in [2.05, 4.69) is 73.8 Å². The fourth-order valence-corrected chi connectivity index (χ4v) is 14.3. The Labute approximate surface area is 484 Å². The van der Waals surface area contributed by atoms with Gasteiger partial charge in [-0.3, -0.25) is 19.2 Å². The molecule has 3 aliphatic heterocycles. The Kier molecular flexibility index (Phi) is 23.3. The molecule has 4 heterocycles. The second-order valence-electron chi connectivity index (χ2n) is 26.8. The lowest BCUT2D eigenvalue weighted by molar-refractivity contribution is -0.302. The number of rotatable bonds is 13. The predicted molar refractivity (Wildman–Crippen MR) is 310 cm³/mol. The Balaban J connectivity index is 1.64. The van der Waals surface area contributed by atoms with Crippen LogP contribution in [-0.2, 0) is 56.5 Å². The number of Topliss-reactive ketones (excluding diaryl/α,β-unsaturated/α-hetero) is 2. The number of nitrogens with zero attached hydrogens (tertiary/aromatic N) is 2. The van der Waals surface area contributed by atoms with Crippen molar-refractivity contribution >= 4 is 46.2 Å². The number of methoxy groups -OCH3 is 3. The summed E-state index contributed by atoms with van der Waals surface area (Å²) in [6.45, 7) is 30.8. The van der Waals surface area contributed by atoms with E-state index in [9.17, 15) is 29.7 Å². The summed E-state index contributed by atoms with van der Waals surface area (Å²) in [6, 6.07) is 1.08. The van der Waals surface area contributed by atoms with Crippen molar-refractivity contribution in [2.24, 2.45) is 29.6 Å². The van der Waals surface area contributed by atoms with Crippen molar-refractivity contribution < 1.29 is 81.4 Å². The molecular formula is C60H100N2O17Si2. The lowest BCUT2D eigenvalue weighted by Gasteiger charge is -2.47. The lowest BCUT2D eigenvalue weighted by Crippen LogP contribution is -2.64. The van der Waals surface area contributed by atoms with Crippen LogP contribution in [0.2, 0.25) is 36.3 Å². The third kappa shape index (κ3) is 16.7. The number of piperidine rings is 1. The highest BCUT2D eigenvalue weighted by Gasteiger charge is 2.57. The number of aromatic hydroxyl groups is 2. The summed E-state index contributed by atoms with van der Waals surface area (Å²) >= 11 is 0. The van der Waals surface area contributed by atoms with E-state index in [0.717, 1.165) is 25.0 Å². The van der Waals surface area contributed by atoms with E-state index < -0.39 is 106 Å². The van der Waals surface area contributed by atoms with Gasteiger partial charge >= 0.3 is 12.1 Å². The fourth-order valence-electron chi connectivity index (χ4n) is 11.5. The SMILES string of the molecule is CO[C@H]1C[C@@H](C)CC(C)C=C(CCOC(=O)On2c(O)ccc2O)C(=O)C[C@H](O[Si](C)(C)C(C)(C)C)[C@@H](C)C(C(C)=CC2CC[C@@H](O[Si](C)(C)C(C)(C)C)[C@H](OC)C2)OC(=O)C2CCCCN2C(=O)C(=O)[C@]2(O)O[C@H]1[C@@H](OC)C[C@H]2C. The molecule has 1 saturated carbocycles. The van der Waals surface area contributed by atoms with Gasteiger partial charge < -0.3 is 57.5 Å². The van der Waals surface area contributed by atoms with E-state index in [1.54, 1.807) is 14.0 Å². The second kappa shape index (κ2) is 27.8. The number of fused-ring (bicyclic) bond motifs is 3. The summed E-state index contributed by atoms with van der Waals surface area (Å²) in [4.78, 5) is 79.2. The van der Waals surface area contributed by atoms with Crippen molar-refractivity contribution in [2.75, 3.05) is 34.5 Å². The van der Waals surface area contributed by atoms with Gasteiger partial charge in [-0.05, 0) is 130 Å². The number of aliphatic hydroxyl groups is 1. The molecule has 19 nitrogen and oxygen atoms in total. The molecule has 81 heavy (non-hydrogen) atoms. The number of allylic oxidation sites excluding steroid dienone is 2. The molecule has 5 rings (SSSR count). The Morgan fingerprint density at radius 1 is 0.778 bits per heavy atom. The Bertz CT molecular complexity index is 2370. The number of esters is 1. The largest absolute Gasteiger partial charge is 0.533 e. The van der Waals surface area contributed by atoms with Crippen LogP contribution in [0.4, 0.5) is 4.79 Å². The quantitative estimate of drug-likeness (QED) is 0.0721. The number of carbonyl (C=O) groups excluding carboxylic acids is 5. The first-order valence-electron chi connectivity index (χ1n) is 29.4. The van der Waals surface area contributed by atoms with Crippen LogP contribution in [0.1, 0.15) is 147 Å². The average molecular weight is 1180 g/mol. The summed E-state index contributed by atoms with van der Waals surface area (Å²) < 4.78 is 51.4. The molecule has 1 aliphatic carbocycles. The van der Waals surface area contributed by atoms with Crippen LogP contribution in [0.3, 0.4) is 0 Å². The van der Waals surface area contributed by atoms with E-state index >= 15 is 9.59 Å². The summed E-state index contributed by atoms with van der Waals surface area (Å²) in [5, 5.41) is 32.3. The minimum atomic E-state index is -2.74. The minimum absolute atomic E-state index is 0.00275. The van der Waals surface area contributed by atoms with Gasteiger partial charge in [0.25, 0.3) is 11.7 Å². The normalized spacial score (nSPS) is 32.5. The van der Waals surface area contributed by atoms with Crippen molar-refractivity contribution in [1.29, 1.82) is 0 Å². The maximum Gasteiger partial charge on any atom is 0.533 e. The Morgan fingerprint density at radius 2 is 1.36 bits per heavy atom. The van der Waals surface area contributed by atoms with Crippen LogP contribution < -0.4 is 4.84 Å². The molecule has 460 valence electrons. The number of carbonyl (C=O) groups is 5. The van der Waals surface area contributed by atoms with Crippen molar-refractivity contribution in [3.63, 3.8) is 0 Å². The van der Waals surface area contributed by atoms with Gasteiger partial charge in [0, 0.05) is 64.7 Å². The van der Waals surface area contributed by atoms with Crippen LogP contribution in [0.5, 0.6) is 11.8 Å². The summed E-state index contributed by atoms with van der Waals surface area (Å²) in [7, 11) is -0.162. The zero-order valence-electron chi connectivity index (χ0n) is 52.0. The van der Waals surface area contributed by atoms with Crippen molar-refractivity contribution in [2.45, 2.75) is 238 Å². The first-order valence-corrected chi connectivity index (χ1v) is 35.2. The molecule has 0 spiro atoms. The predicted octanol–water partition coefficient (Wildman–Crippen LogP) is 9.99. The maximum absolute atomic E-state index is 15.3. The number of cyclic esters (lactones) is 1. The second-order valence-corrected chi connectivity index (χ2v) is 36.3. The van der Waals surface area contributed by atoms with Gasteiger partial charge in [0.1, 0.15) is 18.2 Å². The van der Waals surface area contributed by atoms with E-state index in [1.165, 1.54) is 19.1 Å². The van der Waals surface area contributed by atoms with E-state index in [-0.39, 0.29) is 84.7 Å². The molecule has 3 N–H and O–H groups in total. The number of ketones is 2. The highest BCUT2D eigenvalue weighted by Crippen LogP contribution is 2.44. The average Bonchev–Trinajstić information content (AvgIpc) is 3.91. The van der Waals surface area contributed by atoms with Gasteiger partial charge in [0.2, 0.25) is 17.5 Å². The van der Waals surface area contributed by atoms with Crippen molar-refractivity contribution in [1.82, 2.24) is 9.63 Å². The molecule has 0 radical (unpaired) electrons. The molecule has 2 bridgehead atoms. The number of ether oxygens (including phenoxy) is 6.